The molecule has 0 aliphatic carbocycles. The van der Waals surface area contributed by atoms with Crippen molar-refractivity contribution in [3.05, 3.63) is 84.9 Å². The number of ether oxygens (including phenoxy) is 1. The average molecular weight is 386 g/mol. The van der Waals surface area contributed by atoms with Crippen LogP contribution >= 0.6 is 0 Å². The monoisotopic (exact) mass is 386 g/mol. The van der Waals surface area contributed by atoms with Crippen molar-refractivity contribution in [2.24, 2.45) is 0 Å². The van der Waals surface area contributed by atoms with Crippen LogP contribution in [0.15, 0.2) is 84.9 Å². The number of benzene rings is 3. The smallest absolute Gasteiger partial charge is 0.258 e. The Hall–Kier alpha value is -3.27. The zero-order valence-electron chi connectivity index (χ0n) is 16.5. The number of rotatable bonds is 7. The molecule has 0 spiro atoms. The van der Waals surface area contributed by atoms with Crippen molar-refractivity contribution >= 4 is 11.6 Å². The van der Waals surface area contributed by atoms with Gasteiger partial charge in [-0.05, 0) is 48.2 Å². The summed E-state index contributed by atoms with van der Waals surface area (Å²) in [6.45, 7) is 1.71. The summed E-state index contributed by atoms with van der Waals surface area (Å²) in [5.74, 6) is 0.614. The van der Waals surface area contributed by atoms with E-state index in [1.807, 2.05) is 48.5 Å². The lowest BCUT2D eigenvalue weighted by molar-refractivity contribution is -0.123. The molecule has 4 heteroatoms. The van der Waals surface area contributed by atoms with Crippen LogP contribution in [0.4, 0.5) is 5.69 Å². The highest BCUT2D eigenvalue weighted by atomic mass is 16.5. The van der Waals surface area contributed by atoms with Crippen molar-refractivity contribution in [2.75, 3.05) is 24.6 Å². The molecule has 0 bridgehead atoms. The maximum Gasteiger partial charge on any atom is 0.258 e. The summed E-state index contributed by atoms with van der Waals surface area (Å²) in [5.41, 5.74) is 3.51. The number of nitrogens with one attached hydrogen (secondary N) is 1. The summed E-state index contributed by atoms with van der Waals surface area (Å²) in [6.07, 6.45) is 2.25. The van der Waals surface area contributed by atoms with Crippen molar-refractivity contribution in [3.63, 3.8) is 0 Å². The second kappa shape index (κ2) is 9.28. The lowest BCUT2D eigenvalue weighted by atomic mass is 10.1. The predicted molar refractivity (Wildman–Crippen MR) is 117 cm³/mol. The second-order valence-electron chi connectivity index (χ2n) is 7.31. The van der Waals surface area contributed by atoms with Crippen LogP contribution in [-0.2, 0) is 4.79 Å². The van der Waals surface area contributed by atoms with Crippen LogP contribution in [0.5, 0.6) is 5.75 Å². The van der Waals surface area contributed by atoms with E-state index in [1.54, 1.807) is 0 Å². The van der Waals surface area contributed by atoms with Crippen LogP contribution in [0.1, 0.15) is 12.8 Å². The van der Waals surface area contributed by atoms with Crippen LogP contribution < -0.4 is 15.0 Å². The first-order valence-corrected chi connectivity index (χ1v) is 10.2. The molecule has 0 aromatic heterocycles. The van der Waals surface area contributed by atoms with Crippen molar-refractivity contribution in [1.29, 1.82) is 0 Å². The maximum absolute atomic E-state index is 12.3. The predicted octanol–water partition coefficient (Wildman–Crippen LogP) is 4.52. The number of hydrogen-bond acceptors (Lipinski definition) is 3. The highest BCUT2D eigenvalue weighted by Gasteiger charge is 2.24. The highest BCUT2D eigenvalue weighted by molar-refractivity contribution is 5.77. The molecule has 3 aromatic rings. The Kier molecular flexibility index (Phi) is 6.10. The maximum atomic E-state index is 12.3. The number of carbonyl (C=O) groups excluding carboxylic acids is 1. The summed E-state index contributed by atoms with van der Waals surface area (Å²) in [5, 5.41) is 3.03. The second-order valence-corrected chi connectivity index (χ2v) is 7.31. The Morgan fingerprint density at radius 3 is 2.28 bits per heavy atom. The number of para-hydroxylation sites is 1. The fraction of sp³-hybridized carbons (Fsp3) is 0.240. The van der Waals surface area contributed by atoms with E-state index in [0.29, 0.717) is 18.3 Å². The molecule has 4 nitrogen and oxygen atoms in total. The zero-order valence-corrected chi connectivity index (χ0v) is 16.5. The molecule has 1 heterocycles. The SMILES string of the molecule is O=C(COc1ccc(-c2ccccc2)cc1)NCC1CCCN1c1ccccc1. The first-order valence-electron chi connectivity index (χ1n) is 10.2. The van der Waals surface area contributed by atoms with Gasteiger partial charge in [-0.25, -0.2) is 0 Å². The molecular weight excluding hydrogens is 360 g/mol. The molecule has 0 radical (unpaired) electrons. The highest BCUT2D eigenvalue weighted by Crippen LogP contribution is 2.25. The van der Waals surface area contributed by atoms with Gasteiger partial charge in [-0.15, -0.1) is 0 Å². The Balaban J connectivity index is 1.25. The number of carbonyl (C=O) groups is 1. The minimum atomic E-state index is -0.0861. The lowest BCUT2D eigenvalue weighted by Gasteiger charge is -2.27. The van der Waals surface area contributed by atoms with E-state index >= 15 is 0 Å². The van der Waals surface area contributed by atoms with Gasteiger partial charge in [0.2, 0.25) is 0 Å². The number of nitrogens with zero attached hydrogens (tertiary/aromatic N) is 1. The normalized spacial score (nSPS) is 15.9. The van der Waals surface area contributed by atoms with E-state index in [0.717, 1.165) is 30.5 Å². The van der Waals surface area contributed by atoms with Gasteiger partial charge in [-0.3, -0.25) is 4.79 Å². The van der Waals surface area contributed by atoms with Crippen LogP contribution in [0.25, 0.3) is 11.1 Å². The van der Waals surface area contributed by atoms with Gasteiger partial charge in [-0.2, -0.15) is 0 Å². The number of anilines is 1. The topological polar surface area (TPSA) is 41.6 Å². The quantitative estimate of drug-likeness (QED) is 0.649. The fourth-order valence-corrected chi connectivity index (χ4v) is 3.81. The minimum absolute atomic E-state index is 0.0305. The summed E-state index contributed by atoms with van der Waals surface area (Å²) in [4.78, 5) is 14.6. The van der Waals surface area contributed by atoms with Crippen LogP contribution in [-0.4, -0.2) is 31.6 Å². The summed E-state index contributed by atoms with van der Waals surface area (Å²) < 4.78 is 5.66. The summed E-state index contributed by atoms with van der Waals surface area (Å²) in [6, 6.07) is 28.8. The van der Waals surface area contributed by atoms with E-state index in [-0.39, 0.29) is 12.5 Å². The van der Waals surface area contributed by atoms with Gasteiger partial charge in [-0.1, -0.05) is 60.7 Å². The Bertz CT molecular complexity index is 911. The Labute approximate surface area is 172 Å². The molecule has 1 unspecified atom stereocenters. The van der Waals surface area contributed by atoms with Crippen LogP contribution in [0, 0.1) is 0 Å². The molecule has 3 aromatic carbocycles. The van der Waals surface area contributed by atoms with E-state index in [1.165, 1.54) is 5.69 Å². The zero-order chi connectivity index (χ0) is 19.9. The first-order chi connectivity index (χ1) is 14.3. The molecule has 1 saturated heterocycles. The third-order valence-corrected chi connectivity index (χ3v) is 5.33. The molecule has 1 aliphatic rings. The van der Waals surface area contributed by atoms with Crippen molar-refractivity contribution in [2.45, 2.75) is 18.9 Å². The number of hydrogen-bond donors (Lipinski definition) is 1. The van der Waals surface area contributed by atoms with Gasteiger partial charge < -0.3 is 15.0 Å². The first kappa shape index (κ1) is 19.1. The van der Waals surface area contributed by atoms with E-state index in [2.05, 4.69) is 46.6 Å². The van der Waals surface area contributed by atoms with Crippen molar-refractivity contribution < 1.29 is 9.53 Å². The molecule has 0 saturated carbocycles. The molecule has 1 amide bonds. The molecule has 29 heavy (non-hydrogen) atoms. The largest absolute Gasteiger partial charge is 0.484 e. The van der Waals surface area contributed by atoms with Gasteiger partial charge in [0, 0.05) is 24.8 Å². The molecule has 1 N–H and O–H groups in total. The molecule has 1 atom stereocenters. The molecule has 1 aliphatic heterocycles. The Morgan fingerprint density at radius 2 is 1.55 bits per heavy atom. The van der Waals surface area contributed by atoms with Crippen molar-refractivity contribution in [1.82, 2.24) is 5.32 Å². The van der Waals surface area contributed by atoms with Gasteiger partial charge in [0.15, 0.2) is 6.61 Å². The third-order valence-electron chi connectivity index (χ3n) is 5.33. The molecule has 1 fully saturated rings. The van der Waals surface area contributed by atoms with Gasteiger partial charge in [0.25, 0.3) is 5.91 Å². The number of amides is 1. The van der Waals surface area contributed by atoms with Gasteiger partial charge in [0.05, 0.1) is 0 Å². The van der Waals surface area contributed by atoms with Crippen molar-refractivity contribution in [3.8, 4) is 16.9 Å². The average Bonchev–Trinajstić information content (AvgIpc) is 3.26. The summed E-state index contributed by atoms with van der Waals surface area (Å²) >= 11 is 0. The minimum Gasteiger partial charge on any atom is -0.484 e. The Morgan fingerprint density at radius 1 is 0.897 bits per heavy atom. The standard InChI is InChI=1S/C25H26N2O2/c28-25(26-18-23-12-7-17-27(23)22-10-5-2-6-11-22)19-29-24-15-13-21(14-16-24)20-8-3-1-4-9-20/h1-6,8-11,13-16,23H,7,12,17-19H2,(H,26,28). The molecular formula is C25H26N2O2. The van der Waals surface area contributed by atoms with Gasteiger partial charge >= 0.3 is 0 Å². The lowest BCUT2D eigenvalue weighted by Crippen LogP contribution is -2.41. The third kappa shape index (κ3) is 4.96. The fourth-order valence-electron chi connectivity index (χ4n) is 3.81. The van der Waals surface area contributed by atoms with Gasteiger partial charge in [0.1, 0.15) is 5.75 Å². The molecule has 4 rings (SSSR count). The summed E-state index contributed by atoms with van der Waals surface area (Å²) in [7, 11) is 0. The van der Waals surface area contributed by atoms with Crippen LogP contribution in [0.3, 0.4) is 0 Å². The molecule has 148 valence electrons. The van der Waals surface area contributed by atoms with E-state index in [9.17, 15) is 4.79 Å². The van der Waals surface area contributed by atoms with E-state index < -0.39 is 0 Å². The van der Waals surface area contributed by atoms with Crippen LogP contribution in [0.2, 0.25) is 0 Å². The van der Waals surface area contributed by atoms with E-state index in [4.69, 9.17) is 4.74 Å².